The largest absolute Gasteiger partial charge is 0.179 e. The molecule has 1 atom stereocenters. The standard InChI is InChI=1S/C28H28Si/c1-3-23(2)24-19-21-28(22-20-24)29(25-13-7-4-8-14-25,26-15-9-5-10-16-26)27-17-11-6-12-18-27/h4-23H,3H2,1-2H3. The van der Waals surface area contributed by atoms with Crippen LogP contribution in [0.2, 0.25) is 0 Å². The Balaban J connectivity index is 2.03. The van der Waals surface area contributed by atoms with Crippen LogP contribution in [0.3, 0.4) is 0 Å². The highest BCUT2D eigenvalue weighted by Crippen LogP contribution is 2.18. The van der Waals surface area contributed by atoms with Crippen molar-refractivity contribution in [1.82, 2.24) is 0 Å². The van der Waals surface area contributed by atoms with Gasteiger partial charge in [0.1, 0.15) is 0 Å². The molecule has 0 spiro atoms. The van der Waals surface area contributed by atoms with E-state index in [1.807, 2.05) is 0 Å². The molecular weight excluding hydrogens is 364 g/mol. The third-order valence-corrected chi connectivity index (χ3v) is 10.9. The lowest BCUT2D eigenvalue weighted by Crippen LogP contribution is -2.74. The van der Waals surface area contributed by atoms with Gasteiger partial charge in [0.2, 0.25) is 0 Å². The lowest BCUT2D eigenvalue weighted by Gasteiger charge is -2.34. The van der Waals surface area contributed by atoms with Crippen LogP contribution in [-0.2, 0) is 0 Å². The molecular formula is C28H28Si. The van der Waals surface area contributed by atoms with E-state index in [0.29, 0.717) is 5.92 Å². The zero-order valence-corrected chi connectivity index (χ0v) is 18.3. The zero-order valence-electron chi connectivity index (χ0n) is 17.3. The maximum absolute atomic E-state index is 2.39. The Labute approximate surface area is 175 Å². The summed E-state index contributed by atoms with van der Waals surface area (Å²) in [6, 6.07) is 42.8. The van der Waals surface area contributed by atoms with Crippen molar-refractivity contribution < 1.29 is 0 Å². The average Bonchev–Trinajstić information content (AvgIpc) is 2.82. The molecule has 0 heterocycles. The monoisotopic (exact) mass is 392 g/mol. The van der Waals surface area contributed by atoms with Crippen molar-refractivity contribution in [2.45, 2.75) is 26.2 Å². The smallest absolute Gasteiger partial charge is 0.0648 e. The highest BCUT2D eigenvalue weighted by Gasteiger charge is 2.41. The highest BCUT2D eigenvalue weighted by atomic mass is 28.3. The number of rotatable bonds is 6. The van der Waals surface area contributed by atoms with E-state index in [2.05, 4.69) is 129 Å². The molecule has 0 bridgehead atoms. The molecule has 1 unspecified atom stereocenters. The molecule has 0 aromatic heterocycles. The van der Waals surface area contributed by atoms with Crippen LogP contribution in [0.1, 0.15) is 31.7 Å². The molecule has 4 aromatic carbocycles. The number of benzene rings is 4. The van der Waals surface area contributed by atoms with E-state index in [0.717, 1.165) is 6.42 Å². The normalized spacial score (nSPS) is 12.5. The summed E-state index contributed by atoms with van der Waals surface area (Å²) in [6.07, 6.45) is 1.16. The molecule has 0 radical (unpaired) electrons. The fourth-order valence-corrected chi connectivity index (χ4v) is 9.11. The second kappa shape index (κ2) is 8.63. The predicted molar refractivity (Wildman–Crippen MR) is 129 cm³/mol. The fourth-order valence-electron chi connectivity index (χ4n) is 4.36. The summed E-state index contributed by atoms with van der Waals surface area (Å²) < 4.78 is 0. The van der Waals surface area contributed by atoms with Crippen molar-refractivity contribution in [2.75, 3.05) is 0 Å². The van der Waals surface area contributed by atoms with E-state index in [-0.39, 0.29) is 0 Å². The minimum Gasteiger partial charge on any atom is -0.0648 e. The van der Waals surface area contributed by atoms with Gasteiger partial charge in [0.15, 0.2) is 8.07 Å². The molecule has 0 fully saturated rings. The second-order valence-electron chi connectivity index (χ2n) is 7.78. The zero-order chi connectivity index (χ0) is 20.1. The fraction of sp³-hybridized carbons (Fsp3) is 0.143. The van der Waals surface area contributed by atoms with E-state index >= 15 is 0 Å². The third kappa shape index (κ3) is 3.59. The topological polar surface area (TPSA) is 0 Å². The Morgan fingerprint density at radius 1 is 0.517 bits per heavy atom. The summed E-state index contributed by atoms with van der Waals surface area (Å²) in [5.41, 5.74) is 1.42. The van der Waals surface area contributed by atoms with E-state index in [4.69, 9.17) is 0 Å². The first-order valence-corrected chi connectivity index (χ1v) is 12.5. The van der Waals surface area contributed by atoms with E-state index in [1.165, 1.54) is 26.3 Å². The van der Waals surface area contributed by atoms with Crippen LogP contribution in [0.4, 0.5) is 0 Å². The Bertz CT molecular complexity index is 925. The quantitative estimate of drug-likeness (QED) is 0.333. The van der Waals surface area contributed by atoms with E-state index < -0.39 is 8.07 Å². The van der Waals surface area contributed by atoms with Crippen LogP contribution in [0, 0.1) is 0 Å². The van der Waals surface area contributed by atoms with Crippen molar-refractivity contribution in [3.63, 3.8) is 0 Å². The molecule has 0 aliphatic rings. The van der Waals surface area contributed by atoms with Crippen LogP contribution >= 0.6 is 0 Å². The van der Waals surface area contributed by atoms with Gasteiger partial charge in [-0.2, -0.15) is 0 Å². The lowest BCUT2D eigenvalue weighted by molar-refractivity contribution is 0.734. The molecule has 0 nitrogen and oxygen atoms in total. The van der Waals surface area contributed by atoms with Gasteiger partial charge >= 0.3 is 0 Å². The summed E-state index contributed by atoms with van der Waals surface area (Å²) >= 11 is 0. The molecule has 0 amide bonds. The molecule has 0 aliphatic carbocycles. The lowest BCUT2D eigenvalue weighted by atomic mass is 9.99. The number of hydrogen-bond donors (Lipinski definition) is 0. The van der Waals surface area contributed by atoms with E-state index in [1.54, 1.807) is 0 Å². The van der Waals surface area contributed by atoms with E-state index in [9.17, 15) is 0 Å². The maximum atomic E-state index is 2.39. The minimum absolute atomic E-state index is 0.588. The summed E-state index contributed by atoms with van der Waals surface area (Å²) in [6.45, 7) is 4.57. The van der Waals surface area contributed by atoms with Gasteiger partial charge in [0, 0.05) is 0 Å². The average molecular weight is 393 g/mol. The van der Waals surface area contributed by atoms with Crippen molar-refractivity contribution in [2.24, 2.45) is 0 Å². The molecule has 0 aliphatic heterocycles. The Hall–Kier alpha value is -2.90. The van der Waals surface area contributed by atoms with Crippen LogP contribution in [0.5, 0.6) is 0 Å². The Kier molecular flexibility index (Phi) is 5.78. The summed E-state index contributed by atoms with van der Waals surface area (Å²) in [7, 11) is -2.37. The van der Waals surface area contributed by atoms with Crippen LogP contribution in [0.25, 0.3) is 0 Å². The first-order valence-electron chi connectivity index (χ1n) is 10.5. The molecule has 0 saturated heterocycles. The summed E-state index contributed by atoms with van der Waals surface area (Å²) in [4.78, 5) is 0. The van der Waals surface area contributed by atoms with Crippen LogP contribution < -0.4 is 20.7 Å². The van der Waals surface area contributed by atoms with Crippen molar-refractivity contribution in [3.8, 4) is 0 Å². The summed E-state index contributed by atoms with van der Waals surface area (Å²) in [5.74, 6) is 0.588. The number of hydrogen-bond acceptors (Lipinski definition) is 0. The van der Waals surface area contributed by atoms with Gasteiger partial charge in [0.05, 0.1) is 0 Å². The van der Waals surface area contributed by atoms with Crippen molar-refractivity contribution >= 4 is 28.8 Å². The van der Waals surface area contributed by atoms with Crippen LogP contribution in [0.15, 0.2) is 115 Å². The predicted octanol–water partition coefficient (Wildman–Crippen LogP) is 4.58. The summed E-state index contributed by atoms with van der Waals surface area (Å²) in [5, 5.41) is 5.71. The van der Waals surface area contributed by atoms with Gasteiger partial charge in [-0.05, 0) is 38.6 Å². The first kappa shape index (κ1) is 19.4. The minimum atomic E-state index is -2.37. The third-order valence-electron chi connectivity index (χ3n) is 6.15. The van der Waals surface area contributed by atoms with Crippen molar-refractivity contribution in [1.29, 1.82) is 0 Å². The maximum Gasteiger partial charge on any atom is 0.179 e. The van der Waals surface area contributed by atoms with Crippen LogP contribution in [-0.4, -0.2) is 8.07 Å². The molecule has 29 heavy (non-hydrogen) atoms. The van der Waals surface area contributed by atoms with Gasteiger partial charge < -0.3 is 0 Å². The van der Waals surface area contributed by atoms with Gasteiger partial charge in [-0.3, -0.25) is 0 Å². The molecule has 4 rings (SSSR count). The van der Waals surface area contributed by atoms with Crippen molar-refractivity contribution in [3.05, 3.63) is 121 Å². The molecule has 0 saturated carbocycles. The Morgan fingerprint density at radius 3 is 1.21 bits per heavy atom. The first-order chi connectivity index (χ1) is 14.3. The molecule has 4 aromatic rings. The van der Waals surface area contributed by atoms with Gasteiger partial charge in [-0.1, -0.05) is 129 Å². The van der Waals surface area contributed by atoms with Gasteiger partial charge in [0.25, 0.3) is 0 Å². The van der Waals surface area contributed by atoms with Gasteiger partial charge in [-0.25, -0.2) is 0 Å². The molecule has 144 valence electrons. The SMILES string of the molecule is CCC(C)c1ccc([Si](c2ccccc2)(c2ccccc2)c2ccccc2)cc1. The molecule has 1 heteroatoms. The molecule has 0 N–H and O–H groups in total. The second-order valence-corrected chi connectivity index (χ2v) is 11.6. The Morgan fingerprint density at radius 2 is 0.862 bits per heavy atom. The highest BCUT2D eigenvalue weighted by molar-refractivity contribution is 7.19. The van der Waals surface area contributed by atoms with Gasteiger partial charge in [-0.15, -0.1) is 0 Å².